The Morgan fingerprint density at radius 2 is 1.90 bits per heavy atom. The molecule has 1 saturated carbocycles. The molecule has 3 rings (SSSR count). The standard InChI is InChI=1S/C12H12N4O5/c17-10-5-14(6-11(18)13-10)12(19)9-3-8(16(20)21)4-15(9)7-1-2-7/h3-4,7H,1-2,5-6H2,(H,13,17,18). The van der Waals surface area contributed by atoms with Crippen molar-refractivity contribution in [1.29, 1.82) is 0 Å². The summed E-state index contributed by atoms with van der Waals surface area (Å²) in [6.07, 6.45) is 3.04. The van der Waals surface area contributed by atoms with E-state index in [4.69, 9.17) is 0 Å². The summed E-state index contributed by atoms with van der Waals surface area (Å²) in [6, 6.07) is 1.27. The van der Waals surface area contributed by atoms with Crippen LogP contribution in [0.1, 0.15) is 29.4 Å². The van der Waals surface area contributed by atoms with Crippen LogP contribution in [0.3, 0.4) is 0 Å². The minimum Gasteiger partial charge on any atom is -0.334 e. The van der Waals surface area contributed by atoms with E-state index in [1.54, 1.807) is 4.57 Å². The Balaban J connectivity index is 1.91. The van der Waals surface area contributed by atoms with E-state index < -0.39 is 22.6 Å². The summed E-state index contributed by atoms with van der Waals surface area (Å²) in [7, 11) is 0. The molecule has 0 spiro atoms. The van der Waals surface area contributed by atoms with E-state index in [-0.39, 0.29) is 30.5 Å². The van der Waals surface area contributed by atoms with Crippen LogP contribution in [0.4, 0.5) is 5.69 Å². The predicted molar refractivity (Wildman–Crippen MR) is 68.4 cm³/mol. The fourth-order valence-electron chi connectivity index (χ4n) is 2.33. The molecule has 9 heteroatoms. The van der Waals surface area contributed by atoms with Gasteiger partial charge in [-0.15, -0.1) is 0 Å². The van der Waals surface area contributed by atoms with Gasteiger partial charge in [0, 0.05) is 12.1 Å². The van der Waals surface area contributed by atoms with Gasteiger partial charge in [0.25, 0.3) is 11.6 Å². The van der Waals surface area contributed by atoms with Crippen molar-refractivity contribution in [1.82, 2.24) is 14.8 Å². The number of carbonyl (C=O) groups is 3. The number of rotatable bonds is 3. The Bertz CT molecular complexity index is 645. The van der Waals surface area contributed by atoms with Gasteiger partial charge in [-0.05, 0) is 12.8 Å². The number of hydrogen-bond donors (Lipinski definition) is 1. The Labute approximate surface area is 118 Å². The van der Waals surface area contributed by atoms with E-state index in [9.17, 15) is 24.5 Å². The zero-order valence-electron chi connectivity index (χ0n) is 10.9. The third kappa shape index (κ3) is 2.49. The smallest absolute Gasteiger partial charge is 0.287 e. The molecule has 2 heterocycles. The molecule has 1 aromatic rings. The minimum absolute atomic E-state index is 0.0759. The number of carbonyl (C=O) groups excluding carboxylic acids is 3. The molecule has 1 saturated heterocycles. The van der Waals surface area contributed by atoms with Gasteiger partial charge >= 0.3 is 0 Å². The van der Waals surface area contributed by atoms with E-state index >= 15 is 0 Å². The molecule has 2 fully saturated rings. The lowest BCUT2D eigenvalue weighted by Gasteiger charge is -2.25. The largest absolute Gasteiger partial charge is 0.334 e. The Morgan fingerprint density at radius 3 is 2.43 bits per heavy atom. The van der Waals surface area contributed by atoms with Crippen molar-refractivity contribution in [2.75, 3.05) is 13.1 Å². The Morgan fingerprint density at radius 1 is 1.29 bits per heavy atom. The van der Waals surface area contributed by atoms with Gasteiger partial charge in [-0.25, -0.2) is 0 Å². The van der Waals surface area contributed by atoms with Crippen LogP contribution in [0.25, 0.3) is 0 Å². The first-order valence-electron chi connectivity index (χ1n) is 6.44. The van der Waals surface area contributed by atoms with Crippen LogP contribution in [-0.4, -0.2) is 45.2 Å². The van der Waals surface area contributed by atoms with Crippen molar-refractivity contribution in [3.05, 3.63) is 28.1 Å². The summed E-state index contributed by atoms with van der Waals surface area (Å²) >= 11 is 0. The Kier molecular flexibility index (Phi) is 2.96. The summed E-state index contributed by atoms with van der Waals surface area (Å²) in [6.45, 7) is -0.456. The van der Waals surface area contributed by atoms with Gasteiger partial charge in [-0.2, -0.15) is 0 Å². The number of nitro groups is 1. The molecule has 0 atom stereocenters. The maximum Gasteiger partial charge on any atom is 0.287 e. The van der Waals surface area contributed by atoms with Crippen LogP contribution in [0.5, 0.6) is 0 Å². The first-order chi connectivity index (χ1) is 9.95. The number of piperazine rings is 1. The lowest BCUT2D eigenvalue weighted by atomic mass is 10.3. The molecule has 0 aromatic carbocycles. The Hall–Kier alpha value is -2.71. The number of hydrogen-bond acceptors (Lipinski definition) is 5. The number of nitrogens with zero attached hydrogens (tertiary/aromatic N) is 3. The van der Waals surface area contributed by atoms with Crippen LogP contribution >= 0.6 is 0 Å². The monoisotopic (exact) mass is 292 g/mol. The molecule has 1 aliphatic carbocycles. The molecule has 1 N–H and O–H groups in total. The topological polar surface area (TPSA) is 115 Å². The SMILES string of the molecule is O=C1CN(C(=O)c2cc([N+](=O)[O-])cn2C2CC2)CC(=O)N1. The van der Waals surface area contributed by atoms with E-state index in [0.717, 1.165) is 17.7 Å². The highest BCUT2D eigenvalue weighted by molar-refractivity contribution is 6.05. The highest BCUT2D eigenvalue weighted by Gasteiger charge is 2.34. The summed E-state index contributed by atoms with van der Waals surface area (Å²) in [5.41, 5.74) is -0.0234. The number of aromatic nitrogens is 1. The van der Waals surface area contributed by atoms with Crippen molar-refractivity contribution >= 4 is 23.4 Å². The second-order valence-electron chi connectivity index (χ2n) is 5.11. The van der Waals surface area contributed by atoms with Crippen molar-refractivity contribution in [2.45, 2.75) is 18.9 Å². The maximum absolute atomic E-state index is 12.4. The molecule has 0 unspecified atom stereocenters. The highest BCUT2D eigenvalue weighted by Crippen LogP contribution is 2.38. The van der Waals surface area contributed by atoms with Gasteiger partial charge in [0.05, 0.1) is 11.1 Å². The normalized spacial score (nSPS) is 18.6. The average Bonchev–Trinajstić information content (AvgIpc) is 3.15. The molecule has 2 aliphatic rings. The van der Waals surface area contributed by atoms with Crippen molar-refractivity contribution in [3.63, 3.8) is 0 Å². The van der Waals surface area contributed by atoms with E-state index in [1.807, 2.05) is 0 Å². The van der Waals surface area contributed by atoms with Gasteiger partial charge in [-0.1, -0.05) is 0 Å². The van der Waals surface area contributed by atoms with Gasteiger partial charge in [0.2, 0.25) is 11.8 Å². The van der Waals surface area contributed by atoms with Crippen molar-refractivity contribution in [3.8, 4) is 0 Å². The second-order valence-corrected chi connectivity index (χ2v) is 5.11. The predicted octanol–water partition coefficient (Wildman–Crippen LogP) is -0.170. The van der Waals surface area contributed by atoms with E-state index in [0.29, 0.717) is 0 Å². The molecule has 110 valence electrons. The van der Waals surface area contributed by atoms with E-state index in [1.165, 1.54) is 12.3 Å². The van der Waals surface area contributed by atoms with Gasteiger partial charge in [-0.3, -0.25) is 29.8 Å². The minimum atomic E-state index is -0.566. The van der Waals surface area contributed by atoms with Gasteiger partial charge in [0.15, 0.2) is 0 Å². The summed E-state index contributed by atoms with van der Waals surface area (Å²) in [4.78, 5) is 46.5. The van der Waals surface area contributed by atoms with Crippen LogP contribution in [0.2, 0.25) is 0 Å². The van der Waals surface area contributed by atoms with E-state index in [2.05, 4.69) is 5.32 Å². The zero-order chi connectivity index (χ0) is 15.1. The van der Waals surface area contributed by atoms with Gasteiger partial charge in [0.1, 0.15) is 18.8 Å². The second kappa shape index (κ2) is 4.69. The van der Waals surface area contributed by atoms with Crippen molar-refractivity contribution < 1.29 is 19.3 Å². The quantitative estimate of drug-likeness (QED) is 0.472. The van der Waals surface area contributed by atoms with Crippen LogP contribution in [0, 0.1) is 10.1 Å². The molecule has 3 amide bonds. The molecule has 1 aliphatic heterocycles. The molecule has 9 nitrogen and oxygen atoms in total. The van der Waals surface area contributed by atoms with Crippen LogP contribution in [-0.2, 0) is 9.59 Å². The third-order valence-corrected chi connectivity index (χ3v) is 3.44. The van der Waals surface area contributed by atoms with Crippen molar-refractivity contribution in [2.24, 2.45) is 0 Å². The molecule has 21 heavy (non-hydrogen) atoms. The highest BCUT2D eigenvalue weighted by atomic mass is 16.6. The summed E-state index contributed by atoms with van der Waals surface area (Å²) in [5.74, 6) is -1.66. The summed E-state index contributed by atoms with van der Waals surface area (Å²) < 4.78 is 1.57. The van der Waals surface area contributed by atoms with Crippen LogP contribution in [0.15, 0.2) is 12.3 Å². The molecular formula is C12H12N4O5. The first kappa shape index (κ1) is 13.3. The molecule has 1 aromatic heterocycles. The number of nitrogens with one attached hydrogen (secondary N) is 1. The molecule has 0 bridgehead atoms. The zero-order valence-corrected chi connectivity index (χ0v) is 10.9. The van der Waals surface area contributed by atoms with Crippen LogP contribution < -0.4 is 5.32 Å². The molecule has 0 radical (unpaired) electrons. The fourth-order valence-corrected chi connectivity index (χ4v) is 2.33. The molecular weight excluding hydrogens is 280 g/mol. The lowest BCUT2D eigenvalue weighted by Crippen LogP contribution is -2.53. The lowest BCUT2D eigenvalue weighted by molar-refractivity contribution is -0.384. The fraction of sp³-hybridized carbons (Fsp3) is 0.417. The number of imide groups is 1. The maximum atomic E-state index is 12.4. The number of amides is 3. The third-order valence-electron chi connectivity index (χ3n) is 3.44. The average molecular weight is 292 g/mol. The van der Waals surface area contributed by atoms with Gasteiger partial charge < -0.3 is 9.47 Å². The summed E-state index contributed by atoms with van der Waals surface area (Å²) in [5, 5.41) is 13.0. The first-order valence-corrected chi connectivity index (χ1v) is 6.44.